The second kappa shape index (κ2) is 33.4. The molecule has 9 heteroatoms. The molecule has 3 aromatic carbocycles. The van der Waals surface area contributed by atoms with Crippen molar-refractivity contribution in [2.45, 2.75) is 96.9 Å². The Morgan fingerprint density at radius 1 is 0.288 bits per heavy atom. The summed E-state index contributed by atoms with van der Waals surface area (Å²) < 4.78 is 4.16. The van der Waals surface area contributed by atoms with Crippen LogP contribution in [0, 0.1) is 0 Å². The SMILES string of the molecule is CC.CC.CC.CC.CC.CC.CC.Cn1c(-c2cccc(-c3nc4ccccc4n3C)n2)nc2ccccc21.c1ccc(-c2ccccn2)nc1.c1cnc2c(c1)ccc1cccnc12. The lowest BCUT2D eigenvalue weighted by Crippen LogP contribution is -1.98. The van der Waals surface area contributed by atoms with Gasteiger partial charge in [0.25, 0.3) is 0 Å². The molecule has 9 nitrogen and oxygen atoms in total. The number of aryl methyl sites for hydroxylation is 2. The quantitative estimate of drug-likeness (QED) is 0.163. The van der Waals surface area contributed by atoms with E-state index in [1.54, 1.807) is 24.8 Å². The molecule has 0 spiro atoms. The van der Waals surface area contributed by atoms with Crippen LogP contribution in [0.5, 0.6) is 0 Å². The predicted molar refractivity (Wildman–Crippen MR) is 288 cm³/mol. The van der Waals surface area contributed by atoms with Crippen LogP contribution in [0.25, 0.3) is 78.3 Å². The summed E-state index contributed by atoms with van der Waals surface area (Å²) in [5.74, 6) is 1.71. The van der Waals surface area contributed by atoms with E-state index < -0.39 is 0 Å². The summed E-state index contributed by atoms with van der Waals surface area (Å²) in [6.07, 6.45) is 7.14. The summed E-state index contributed by atoms with van der Waals surface area (Å²) in [5, 5.41) is 2.28. The first-order valence-electron chi connectivity index (χ1n) is 23.9. The van der Waals surface area contributed by atoms with Crippen molar-refractivity contribution in [3.05, 3.63) is 164 Å². The molecule has 7 aromatic heterocycles. The number of benzene rings is 3. The van der Waals surface area contributed by atoms with Crippen molar-refractivity contribution in [3.8, 4) is 34.4 Å². The topological polar surface area (TPSA) is 100 Å². The van der Waals surface area contributed by atoms with E-state index in [-0.39, 0.29) is 0 Å². The van der Waals surface area contributed by atoms with Crippen LogP contribution >= 0.6 is 0 Å². The van der Waals surface area contributed by atoms with E-state index in [0.29, 0.717) is 0 Å². The Morgan fingerprint density at radius 2 is 0.621 bits per heavy atom. The van der Waals surface area contributed by atoms with Crippen molar-refractivity contribution < 1.29 is 0 Å². The summed E-state index contributed by atoms with van der Waals surface area (Å²) >= 11 is 0. The normalized spacial score (nSPS) is 9.21. The average molecular weight is 886 g/mol. The van der Waals surface area contributed by atoms with Gasteiger partial charge in [-0.2, -0.15) is 0 Å². The molecular formula is C57H75N9. The number of para-hydroxylation sites is 4. The van der Waals surface area contributed by atoms with Crippen LogP contribution in [-0.2, 0) is 14.1 Å². The van der Waals surface area contributed by atoms with Gasteiger partial charge in [-0.3, -0.25) is 19.9 Å². The number of hydrogen-bond acceptors (Lipinski definition) is 7. The highest BCUT2D eigenvalue weighted by Crippen LogP contribution is 2.27. The molecule has 0 aliphatic rings. The first-order valence-corrected chi connectivity index (χ1v) is 23.9. The number of fused-ring (bicyclic) bond motifs is 5. The lowest BCUT2D eigenvalue weighted by Gasteiger charge is -2.05. The Bertz CT molecular complexity index is 2590. The van der Waals surface area contributed by atoms with Gasteiger partial charge in [-0.05, 0) is 72.8 Å². The number of imidazole rings is 2. The van der Waals surface area contributed by atoms with Gasteiger partial charge in [-0.15, -0.1) is 0 Å². The summed E-state index contributed by atoms with van der Waals surface area (Å²) in [6.45, 7) is 28.0. The third kappa shape index (κ3) is 15.3. The molecule has 0 saturated heterocycles. The number of hydrogen-bond donors (Lipinski definition) is 0. The number of pyridine rings is 5. The molecule has 0 fully saturated rings. The number of nitrogens with zero attached hydrogens (tertiary/aromatic N) is 9. The van der Waals surface area contributed by atoms with E-state index in [9.17, 15) is 0 Å². The lowest BCUT2D eigenvalue weighted by molar-refractivity contribution is 0.938. The predicted octanol–water partition coefficient (Wildman–Crippen LogP) is 16.3. The van der Waals surface area contributed by atoms with Gasteiger partial charge >= 0.3 is 0 Å². The molecule has 0 saturated carbocycles. The van der Waals surface area contributed by atoms with Crippen LogP contribution in [-0.4, -0.2) is 44.0 Å². The van der Waals surface area contributed by atoms with Crippen LogP contribution in [0.15, 0.2) is 164 Å². The van der Waals surface area contributed by atoms with E-state index >= 15 is 0 Å². The molecule has 7 heterocycles. The molecule has 10 rings (SSSR count). The fraction of sp³-hybridized carbons (Fsp3) is 0.281. The van der Waals surface area contributed by atoms with Crippen LogP contribution in [0.4, 0.5) is 0 Å². The molecule has 0 aliphatic carbocycles. The van der Waals surface area contributed by atoms with Gasteiger partial charge in [0.05, 0.1) is 44.5 Å². The molecule has 0 unspecified atom stereocenters. The van der Waals surface area contributed by atoms with E-state index in [4.69, 9.17) is 15.0 Å². The number of rotatable bonds is 3. The summed E-state index contributed by atoms with van der Waals surface area (Å²) in [4.78, 5) is 31.4. The first kappa shape index (κ1) is 56.9. The van der Waals surface area contributed by atoms with E-state index in [2.05, 4.69) is 65.5 Å². The van der Waals surface area contributed by atoms with E-state index in [0.717, 1.165) is 78.3 Å². The molecule has 10 aromatic rings. The fourth-order valence-corrected chi connectivity index (χ4v) is 6.14. The van der Waals surface area contributed by atoms with Crippen molar-refractivity contribution in [1.29, 1.82) is 0 Å². The van der Waals surface area contributed by atoms with Gasteiger partial charge in [-0.1, -0.05) is 164 Å². The van der Waals surface area contributed by atoms with Crippen molar-refractivity contribution in [3.63, 3.8) is 0 Å². The standard InChI is InChI=1S/C21H17N5.C12H8N2.C10H8N2.7C2H6/c1-25-18-12-5-3-8-14(18)23-20(25)16-10-7-11-17(22-16)21-24-15-9-4-6-13-19(15)26(21)2;1-3-9-5-6-10-4-2-8-14-12(10)11(9)13-7-1;1-3-7-11-9(5-1)10-6-2-4-8-12-10;7*1-2/h3-13H,1-2H3;1-8H;1-8H;7*1-2H3. The zero-order chi connectivity index (χ0) is 49.3. The van der Waals surface area contributed by atoms with Crippen molar-refractivity contribution in [2.75, 3.05) is 0 Å². The Balaban J connectivity index is 0.000000465. The average Bonchev–Trinajstić information content (AvgIpc) is 3.96. The Hall–Kier alpha value is -7.13. The van der Waals surface area contributed by atoms with Crippen LogP contribution in [0.2, 0.25) is 0 Å². The molecule has 0 N–H and O–H groups in total. The maximum absolute atomic E-state index is 4.86. The minimum absolute atomic E-state index is 0.841. The molecule has 0 atom stereocenters. The van der Waals surface area contributed by atoms with E-state index in [1.807, 2.05) is 214 Å². The highest BCUT2D eigenvalue weighted by molar-refractivity contribution is 6.02. The lowest BCUT2D eigenvalue weighted by atomic mass is 10.1. The first-order chi connectivity index (χ1) is 32.6. The second-order valence-electron chi connectivity index (χ2n) is 12.0. The molecule has 0 amide bonds. The van der Waals surface area contributed by atoms with Crippen LogP contribution in [0.1, 0.15) is 96.9 Å². The molecule has 0 bridgehead atoms. The zero-order valence-corrected chi connectivity index (χ0v) is 42.6. The molecule has 0 radical (unpaired) electrons. The van der Waals surface area contributed by atoms with Gasteiger partial charge in [0, 0.05) is 49.7 Å². The number of aromatic nitrogens is 9. The van der Waals surface area contributed by atoms with Crippen molar-refractivity contribution in [1.82, 2.24) is 44.0 Å². The van der Waals surface area contributed by atoms with Crippen molar-refractivity contribution in [2.24, 2.45) is 14.1 Å². The van der Waals surface area contributed by atoms with Gasteiger partial charge in [0.15, 0.2) is 11.6 Å². The van der Waals surface area contributed by atoms with Crippen LogP contribution in [0.3, 0.4) is 0 Å². The minimum Gasteiger partial charge on any atom is -0.326 e. The van der Waals surface area contributed by atoms with Crippen molar-refractivity contribution >= 4 is 43.9 Å². The van der Waals surface area contributed by atoms with Gasteiger partial charge in [0.1, 0.15) is 11.4 Å². The maximum Gasteiger partial charge on any atom is 0.159 e. The molecular weight excluding hydrogens is 811 g/mol. The zero-order valence-electron chi connectivity index (χ0n) is 42.6. The van der Waals surface area contributed by atoms with Gasteiger partial charge in [0.2, 0.25) is 0 Å². The smallest absolute Gasteiger partial charge is 0.159 e. The summed E-state index contributed by atoms with van der Waals surface area (Å²) in [5.41, 5.74) is 9.60. The summed E-state index contributed by atoms with van der Waals surface area (Å²) in [6, 6.07) is 46.0. The highest BCUT2D eigenvalue weighted by atomic mass is 15.1. The maximum atomic E-state index is 4.86. The third-order valence-electron chi connectivity index (χ3n) is 8.72. The molecule has 66 heavy (non-hydrogen) atoms. The Kier molecular flexibility index (Phi) is 28.8. The minimum atomic E-state index is 0.841. The third-order valence-corrected chi connectivity index (χ3v) is 8.72. The molecule has 348 valence electrons. The monoisotopic (exact) mass is 886 g/mol. The van der Waals surface area contributed by atoms with Gasteiger partial charge < -0.3 is 9.13 Å². The largest absolute Gasteiger partial charge is 0.326 e. The Labute approximate surface area is 396 Å². The second-order valence-corrected chi connectivity index (χ2v) is 12.0. The fourth-order valence-electron chi connectivity index (χ4n) is 6.14. The van der Waals surface area contributed by atoms with Gasteiger partial charge in [-0.25, -0.2) is 15.0 Å². The van der Waals surface area contributed by atoms with E-state index in [1.165, 1.54) is 0 Å². The summed E-state index contributed by atoms with van der Waals surface area (Å²) in [7, 11) is 4.04. The molecule has 0 aliphatic heterocycles. The highest BCUT2D eigenvalue weighted by Gasteiger charge is 2.15. The Morgan fingerprint density at radius 3 is 0.970 bits per heavy atom. The van der Waals surface area contributed by atoms with Crippen LogP contribution < -0.4 is 0 Å².